The highest BCUT2D eigenvalue weighted by molar-refractivity contribution is 7.97. The van der Waals surface area contributed by atoms with Crippen LogP contribution in [0.2, 0.25) is 5.02 Å². The summed E-state index contributed by atoms with van der Waals surface area (Å²) < 4.78 is 0.207. The second-order valence-corrected chi connectivity index (χ2v) is 6.85. The number of hydrogen-bond acceptors (Lipinski definition) is 5. The van der Waals surface area contributed by atoms with E-state index in [1.165, 1.54) is 16.5 Å². The van der Waals surface area contributed by atoms with Crippen LogP contribution in [-0.2, 0) is 11.5 Å². The third-order valence-electron chi connectivity index (χ3n) is 3.70. The van der Waals surface area contributed by atoms with E-state index in [1.54, 1.807) is 0 Å². The van der Waals surface area contributed by atoms with Gasteiger partial charge in [-0.1, -0.05) is 29.8 Å². The summed E-state index contributed by atoms with van der Waals surface area (Å²) in [5.74, 6) is 2.77. The molecule has 3 aromatic rings. The molecule has 0 unspecified atom stereocenters. The standard InChI is InChI=1S/C15H11ClN4S2/c16-10-4-8-6-22-5-7-2-1-3-9(11(7)8)12(10)13-18-14(17)20-15(21)19-13/h1-4H,5-6H2,(H3,17,18,19,20,21). The first-order valence-electron chi connectivity index (χ1n) is 6.68. The summed E-state index contributed by atoms with van der Waals surface area (Å²) in [7, 11) is 0. The van der Waals surface area contributed by atoms with Gasteiger partial charge in [-0.25, -0.2) is 4.98 Å². The molecule has 1 aromatic heterocycles. The number of halogens is 1. The van der Waals surface area contributed by atoms with Crippen LogP contribution in [0.4, 0.5) is 5.95 Å². The van der Waals surface area contributed by atoms with Crippen LogP contribution in [0.3, 0.4) is 0 Å². The smallest absolute Gasteiger partial charge is 0.224 e. The van der Waals surface area contributed by atoms with E-state index in [0.717, 1.165) is 22.5 Å². The maximum atomic E-state index is 6.54. The second-order valence-electron chi connectivity index (χ2n) is 5.09. The SMILES string of the molecule is Nc1nc(=S)nc(-c2c(Cl)cc3c4c(cccc24)CSC3)[nH]1. The van der Waals surface area contributed by atoms with Crippen molar-refractivity contribution in [1.29, 1.82) is 0 Å². The van der Waals surface area contributed by atoms with Gasteiger partial charge in [0, 0.05) is 17.1 Å². The van der Waals surface area contributed by atoms with Crippen LogP contribution in [0, 0.1) is 4.77 Å². The van der Waals surface area contributed by atoms with E-state index in [2.05, 4.69) is 27.1 Å². The topological polar surface area (TPSA) is 67.6 Å². The molecule has 0 saturated heterocycles. The molecule has 0 spiro atoms. The minimum absolute atomic E-state index is 0.207. The molecule has 0 saturated carbocycles. The maximum Gasteiger partial charge on any atom is 0.224 e. The number of hydrogen-bond donors (Lipinski definition) is 2. The third-order valence-corrected chi connectivity index (χ3v) is 5.21. The third kappa shape index (κ3) is 2.18. The molecule has 1 aliphatic rings. The first kappa shape index (κ1) is 14.0. The molecule has 1 aliphatic heterocycles. The van der Waals surface area contributed by atoms with Crippen LogP contribution in [0.1, 0.15) is 11.1 Å². The largest absolute Gasteiger partial charge is 0.369 e. The molecule has 0 bridgehead atoms. The van der Waals surface area contributed by atoms with Gasteiger partial charge >= 0.3 is 0 Å². The van der Waals surface area contributed by atoms with Crippen molar-refractivity contribution in [3.63, 3.8) is 0 Å². The number of benzene rings is 2. The van der Waals surface area contributed by atoms with Crippen molar-refractivity contribution in [3.8, 4) is 11.4 Å². The Kier molecular flexibility index (Phi) is 3.32. The first-order chi connectivity index (χ1) is 10.6. The summed E-state index contributed by atoms with van der Waals surface area (Å²) >= 11 is 13.5. The lowest BCUT2D eigenvalue weighted by molar-refractivity contribution is 1.05. The lowest BCUT2D eigenvalue weighted by Gasteiger charge is -2.20. The summed E-state index contributed by atoms with van der Waals surface area (Å²) in [5, 5.41) is 2.98. The number of aromatic nitrogens is 3. The van der Waals surface area contributed by atoms with Crippen LogP contribution in [0.25, 0.3) is 22.2 Å². The van der Waals surface area contributed by atoms with Gasteiger partial charge in [0.15, 0.2) is 0 Å². The summed E-state index contributed by atoms with van der Waals surface area (Å²) in [4.78, 5) is 11.2. The van der Waals surface area contributed by atoms with Gasteiger partial charge in [0.05, 0.1) is 5.02 Å². The molecular formula is C15H11ClN4S2. The van der Waals surface area contributed by atoms with E-state index in [1.807, 2.05) is 23.9 Å². The van der Waals surface area contributed by atoms with Crippen molar-refractivity contribution < 1.29 is 0 Å². The van der Waals surface area contributed by atoms with Crippen LogP contribution < -0.4 is 5.73 Å². The van der Waals surface area contributed by atoms with Crippen LogP contribution in [0.15, 0.2) is 24.3 Å². The number of nitrogens with zero attached hydrogens (tertiary/aromatic N) is 2. The van der Waals surface area contributed by atoms with E-state index >= 15 is 0 Å². The minimum atomic E-state index is 0.207. The van der Waals surface area contributed by atoms with Crippen molar-refractivity contribution in [1.82, 2.24) is 15.0 Å². The zero-order valence-corrected chi connectivity index (χ0v) is 13.8. The fourth-order valence-electron chi connectivity index (χ4n) is 2.88. The van der Waals surface area contributed by atoms with Crippen molar-refractivity contribution in [2.75, 3.05) is 5.73 Å². The van der Waals surface area contributed by atoms with E-state index in [9.17, 15) is 0 Å². The number of anilines is 1. The number of H-pyrrole nitrogens is 1. The number of thioether (sulfide) groups is 1. The average molecular weight is 347 g/mol. The van der Waals surface area contributed by atoms with Crippen LogP contribution in [0.5, 0.6) is 0 Å². The Morgan fingerprint density at radius 2 is 2.05 bits per heavy atom. The quantitative estimate of drug-likeness (QED) is 0.642. The molecule has 4 rings (SSSR count). The van der Waals surface area contributed by atoms with Gasteiger partial charge in [-0.3, -0.25) is 0 Å². The number of nitrogen functional groups attached to an aromatic ring is 1. The van der Waals surface area contributed by atoms with Crippen molar-refractivity contribution in [2.24, 2.45) is 0 Å². The van der Waals surface area contributed by atoms with Gasteiger partial charge in [0.2, 0.25) is 10.7 Å². The number of rotatable bonds is 1. The molecule has 4 nitrogen and oxygen atoms in total. The normalized spacial score (nSPS) is 13.5. The molecule has 2 heterocycles. The van der Waals surface area contributed by atoms with Gasteiger partial charge in [0.1, 0.15) is 5.82 Å². The zero-order chi connectivity index (χ0) is 15.3. The summed E-state index contributed by atoms with van der Waals surface area (Å²) in [5.41, 5.74) is 9.18. The highest BCUT2D eigenvalue weighted by Gasteiger charge is 2.19. The van der Waals surface area contributed by atoms with Crippen molar-refractivity contribution >= 4 is 52.3 Å². The maximum absolute atomic E-state index is 6.54. The fourth-order valence-corrected chi connectivity index (χ4v) is 4.40. The molecular weight excluding hydrogens is 336 g/mol. The monoisotopic (exact) mass is 346 g/mol. The lowest BCUT2D eigenvalue weighted by atomic mass is 9.96. The molecule has 0 radical (unpaired) electrons. The molecule has 22 heavy (non-hydrogen) atoms. The molecule has 0 amide bonds. The molecule has 3 N–H and O–H groups in total. The molecule has 2 aromatic carbocycles. The Labute approximate surface area is 141 Å². The second kappa shape index (κ2) is 5.22. The Hall–Kier alpha value is -1.63. The predicted molar refractivity (Wildman–Crippen MR) is 94.6 cm³/mol. The molecule has 0 atom stereocenters. The van der Waals surface area contributed by atoms with Crippen LogP contribution >= 0.6 is 35.6 Å². The molecule has 0 aliphatic carbocycles. The van der Waals surface area contributed by atoms with Crippen LogP contribution in [-0.4, -0.2) is 15.0 Å². The van der Waals surface area contributed by atoms with E-state index in [4.69, 9.17) is 29.6 Å². The highest BCUT2D eigenvalue weighted by Crippen LogP contribution is 2.41. The summed E-state index contributed by atoms with van der Waals surface area (Å²) in [6.07, 6.45) is 0. The van der Waals surface area contributed by atoms with E-state index in [-0.39, 0.29) is 10.7 Å². The van der Waals surface area contributed by atoms with E-state index in [0.29, 0.717) is 10.8 Å². The number of aromatic amines is 1. The fraction of sp³-hybridized carbons (Fsp3) is 0.133. The zero-order valence-electron chi connectivity index (χ0n) is 11.4. The van der Waals surface area contributed by atoms with Gasteiger partial charge < -0.3 is 10.7 Å². The van der Waals surface area contributed by atoms with Crippen molar-refractivity contribution in [2.45, 2.75) is 11.5 Å². The van der Waals surface area contributed by atoms with Gasteiger partial charge in [-0.05, 0) is 40.2 Å². The Bertz CT molecular complexity index is 968. The summed E-state index contributed by atoms with van der Waals surface area (Å²) in [6, 6.07) is 8.29. The highest BCUT2D eigenvalue weighted by atomic mass is 35.5. The molecule has 0 fully saturated rings. The Morgan fingerprint density at radius 3 is 2.86 bits per heavy atom. The summed E-state index contributed by atoms with van der Waals surface area (Å²) in [6.45, 7) is 0. The van der Waals surface area contributed by atoms with Crippen molar-refractivity contribution in [3.05, 3.63) is 45.2 Å². The van der Waals surface area contributed by atoms with E-state index < -0.39 is 0 Å². The Morgan fingerprint density at radius 1 is 1.23 bits per heavy atom. The lowest BCUT2D eigenvalue weighted by Crippen LogP contribution is -2.03. The Balaban J connectivity index is 2.13. The van der Waals surface area contributed by atoms with Gasteiger partial charge in [-0.15, -0.1) is 0 Å². The minimum Gasteiger partial charge on any atom is -0.369 e. The number of nitrogens with two attached hydrogens (primary N) is 1. The number of nitrogens with one attached hydrogen (secondary N) is 1. The average Bonchev–Trinajstić information content (AvgIpc) is 2.46. The van der Waals surface area contributed by atoms with Gasteiger partial charge in [-0.2, -0.15) is 16.7 Å². The predicted octanol–water partition coefficient (Wildman–Crippen LogP) is 4.34. The first-order valence-corrected chi connectivity index (χ1v) is 8.62. The molecule has 7 heteroatoms. The van der Waals surface area contributed by atoms with Gasteiger partial charge in [0.25, 0.3) is 0 Å². The molecule has 110 valence electrons.